The summed E-state index contributed by atoms with van der Waals surface area (Å²) in [4.78, 5) is 0. The quantitative estimate of drug-likeness (QED) is 0.653. The molecule has 0 N–H and O–H groups in total. The highest BCUT2D eigenvalue weighted by Gasteiger charge is 2.11. The Morgan fingerprint density at radius 3 is 2.35 bits per heavy atom. The highest BCUT2D eigenvalue weighted by molar-refractivity contribution is 5.84. The van der Waals surface area contributed by atoms with Crippen LogP contribution in [0.4, 0.5) is 0 Å². The van der Waals surface area contributed by atoms with Crippen molar-refractivity contribution in [1.29, 1.82) is 0 Å². The fraction of sp³-hybridized carbons (Fsp3) is 0.300. The lowest BCUT2D eigenvalue weighted by Crippen LogP contribution is -1.98. The average Bonchev–Trinajstić information content (AvgIpc) is 2.91. The van der Waals surface area contributed by atoms with Crippen LogP contribution in [-0.2, 0) is 6.61 Å². The van der Waals surface area contributed by atoms with E-state index in [4.69, 9.17) is 9.47 Å². The van der Waals surface area contributed by atoms with E-state index in [-0.39, 0.29) is 0 Å². The van der Waals surface area contributed by atoms with Crippen LogP contribution in [-0.4, -0.2) is 11.7 Å². The lowest BCUT2D eigenvalue weighted by molar-refractivity contribution is 0.306. The Balaban J connectivity index is 1.88. The normalized spacial score (nSPS) is 11.2. The number of aryl methyl sites for hydroxylation is 1. The molecule has 1 heterocycles. The first-order valence-electron chi connectivity index (χ1n) is 7.95. The summed E-state index contributed by atoms with van der Waals surface area (Å²) in [5.74, 6) is 1.69. The van der Waals surface area contributed by atoms with Crippen LogP contribution in [0.5, 0.6) is 11.5 Å². The monoisotopic (exact) mass is 309 g/mol. The van der Waals surface area contributed by atoms with E-state index in [2.05, 4.69) is 49.7 Å². The minimum absolute atomic E-state index is 0.426. The molecule has 2 aromatic carbocycles. The average molecular weight is 309 g/mol. The lowest BCUT2D eigenvalue weighted by atomic mass is 10.1. The van der Waals surface area contributed by atoms with E-state index in [9.17, 15) is 0 Å². The number of ether oxygens (including phenoxy) is 2. The SMILES string of the molecule is COc1ccc(OCc2cn(C(C)C)c3ccc(C)cc23)cc1. The Labute approximate surface area is 137 Å². The molecule has 0 bridgehead atoms. The van der Waals surface area contributed by atoms with Gasteiger partial charge in [-0.2, -0.15) is 0 Å². The molecule has 23 heavy (non-hydrogen) atoms. The molecule has 0 radical (unpaired) electrons. The molecular formula is C20H23NO2. The molecule has 120 valence electrons. The van der Waals surface area contributed by atoms with E-state index in [0.717, 1.165) is 11.5 Å². The number of hydrogen-bond donors (Lipinski definition) is 0. The second kappa shape index (κ2) is 6.37. The summed E-state index contributed by atoms with van der Waals surface area (Å²) in [7, 11) is 1.67. The zero-order valence-corrected chi connectivity index (χ0v) is 14.2. The molecule has 0 fully saturated rings. The summed E-state index contributed by atoms with van der Waals surface area (Å²) in [6.45, 7) is 7.09. The van der Waals surface area contributed by atoms with Gasteiger partial charge in [-0.1, -0.05) is 11.6 Å². The second-order valence-electron chi connectivity index (χ2n) is 6.14. The van der Waals surface area contributed by atoms with Crippen LogP contribution in [0.25, 0.3) is 10.9 Å². The highest BCUT2D eigenvalue weighted by atomic mass is 16.5. The molecule has 3 heteroatoms. The van der Waals surface area contributed by atoms with Gasteiger partial charge in [0.05, 0.1) is 7.11 Å². The first-order chi connectivity index (χ1) is 11.1. The maximum absolute atomic E-state index is 5.96. The van der Waals surface area contributed by atoms with E-state index < -0.39 is 0 Å². The van der Waals surface area contributed by atoms with Gasteiger partial charge in [0.2, 0.25) is 0 Å². The molecule has 1 aromatic heterocycles. The minimum Gasteiger partial charge on any atom is -0.497 e. The van der Waals surface area contributed by atoms with Crippen molar-refractivity contribution in [2.24, 2.45) is 0 Å². The van der Waals surface area contributed by atoms with Crippen LogP contribution in [0.15, 0.2) is 48.7 Å². The van der Waals surface area contributed by atoms with Crippen molar-refractivity contribution in [3.05, 3.63) is 59.8 Å². The molecule has 0 aliphatic rings. The van der Waals surface area contributed by atoms with Crippen molar-refractivity contribution in [2.45, 2.75) is 33.4 Å². The molecule has 0 atom stereocenters. The van der Waals surface area contributed by atoms with Crippen LogP contribution in [0, 0.1) is 6.92 Å². The zero-order chi connectivity index (χ0) is 16.4. The van der Waals surface area contributed by atoms with Crippen molar-refractivity contribution >= 4 is 10.9 Å². The molecule has 0 spiro atoms. The van der Waals surface area contributed by atoms with Gasteiger partial charge in [-0.05, 0) is 57.2 Å². The maximum atomic E-state index is 5.96. The van der Waals surface area contributed by atoms with Gasteiger partial charge < -0.3 is 14.0 Å². The summed E-state index contributed by atoms with van der Waals surface area (Å²) < 4.78 is 13.4. The molecule has 3 nitrogen and oxygen atoms in total. The van der Waals surface area contributed by atoms with Crippen LogP contribution >= 0.6 is 0 Å². The summed E-state index contributed by atoms with van der Waals surface area (Å²) in [5.41, 5.74) is 3.75. The van der Waals surface area contributed by atoms with Crippen molar-refractivity contribution in [2.75, 3.05) is 7.11 Å². The number of nitrogens with zero attached hydrogens (tertiary/aromatic N) is 1. The molecule has 0 saturated carbocycles. The highest BCUT2D eigenvalue weighted by Crippen LogP contribution is 2.27. The Hall–Kier alpha value is -2.42. The molecular weight excluding hydrogens is 286 g/mol. The first kappa shape index (κ1) is 15.5. The number of hydrogen-bond acceptors (Lipinski definition) is 2. The predicted molar refractivity (Wildman–Crippen MR) is 94.4 cm³/mol. The van der Waals surface area contributed by atoms with E-state index in [0.29, 0.717) is 12.6 Å². The largest absolute Gasteiger partial charge is 0.497 e. The van der Waals surface area contributed by atoms with Gasteiger partial charge in [-0.15, -0.1) is 0 Å². The minimum atomic E-state index is 0.426. The molecule has 0 saturated heterocycles. The van der Waals surface area contributed by atoms with Gasteiger partial charge in [0.15, 0.2) is 0 Å². The predicted octanol–water partition coefficient (Wildman–Crippen LogP) is 5.12. The number of benzene rings is 2. The van der Waals surface area contributed by atoms with Gasteiger partial charge >= 0.3 is 0 Å². The van der Waals surface area contributed by atoms with Gasteiger partial charge in [-0.25, -0.2) is 0 Å². The smallest absolute Gasteiger partial charge is 0.120 e. The van der Waals surface area contributed by atoms with Gasteiger partial charge in [-0.3, -0.25) is 0 Å². The summed E-state index contributed by atoms with van der Waals surface area (Å²) in [5, 5.41) is 1.27. The summed E-state index contributed by atoms with van der Waals surface area (Å²) in [6.07, 6.45) is 2.21. The van der Waals surface area contributed by atoms with E-state index in [1.165, 1.54) is 22.0 Å². The molecule has 0 aliphatic heterocycles. The molecule has 0 aliphatic carbocycles. The fourth-order valence-corrected chi connectivity index (χ4v) is 2.81. The lowest BCUT2D eigenvalue weighted by Gasteiger charge is -2.08. The topological polar surface area (TPSA) is 23.4 Å². The fourth-order valence-electron chi connectivity index (χ4n) is 2.81. The van der Waals surface area contributed by atoms with Crippen molar-refractivity contribution < 1.29 is 9.47 Å². The Kier molecular flexibility index (Phi) is 4.28. The third kappa shape index (κ3) is 3.19. The van der Waals surface area contributed by atoms with E-state index in [1.807, 2.05) is 24.3 Å². The van der Waals surface area contributed by atoms with Crippen LogP contribution < -0.4 is 9.47 Å². The number of aromatic nitrogens is 1. The van der Waals surface area contributed by atoms with Crippen LogP contribution in [0.1, 0.15) is 31.0 Å². The third-order valence-electron chi connectivity index (χ3n) is 4.08. The number of methoxy groups -OCH3 is 1. The Morgan fingerprint density at radius 1 is 1.00 bits per heavy atom. The van der Waals surface area contributed by atoms with E-state index >= 15 is 0 Å². The molecule has 0 amide bonds. The standard InChI is InChI=1S/C20H23NO2/c1-14(2)21-12-16(19-11-15(3)5-10-20(19)21)13-23-18-8-6-17(22-4)7-9-18/h5-12,14H,13H2,1-4H3. The molecule has 3 rings (SSSR count). The molecule has 3 aromatic rings. The molecule has 0 unspecified atom stereocenters. The summed E-state index contributed by atoms with van der Waals surface area (Å²) >= 11 is 0. The zero-order valence-electron chi connectivity index (χ0n) is 14.2. The maximum Gasteiger partial charge on any atom is 0.120 e. The van der Waals surface area contributed by atoms with Gasteiger partial charge in [0.1, 0.15) is 18.1 Å². The third-order valence-corrected chi connectivity index (χ3v) is 4.08. The van der Waals surface area contributed by atoms with Crippen LogP contribution in [0.3, 0.4) is 0 Å². The van der Waals surface area contributed by atoms with Gasteiger partial charge in [0, 0.05) is 28.7 Å². The first-order valence-corrected chi connectivity index (χ1v) is 7.95. The van der Waals surface area contributed by atoms with Crippen molar-refractivity contribution in [1.82, 2.24) is 4.57 Å². The van der Waals surface area contributed by atoms with Crippen LogP contribution in [0.2, 0.25) is 0 Å². The number of fused-ring (bicyclic) bond motifs is 1. The van der Waals surface area contributed by atoms with Crippen molar-refractivity contribution in [3.63, 3.8) is 0 Å². The van der Waals surface area contributed by atoms with Crippen molar-refractivity contribution in [3.8, 4) is 11.5 Å². The Bertz CT molecular complexity index is 800. The van der Waals surface area contributed by atoms with E-state index in [1.54, 1.807) is 7.11 Å². The Morgan fingerprint density at radius 2 is 1.70 bits per heavy atom. The summed E-state index contributed by atoms with van der Waals surface area (Å²) in [6, 6.07) is 14.7. The number of rotatable bonds is 5. The second-order valence-corrected chi connectivity index (χ2v) is 6.14. The van der Waals surface area contributed by atoms with Gasteiger partial charge in [0.25, 0.3) is 0 Å².